The van der Waals surface area contributed by atoms with E-state index in [1.165, 1.54) is 0 Å². The maximum atomic E-state index is 12.2. The normalized spacial score (nSPS) is 17.1. The van der Waals surface area contributed by atoms with Gasteiger partial charge >= 0.3 is 0 Å². The van der Waals surface area contributed by atoms with Crippen molar-refractivity contribution in [3.8, 4) is 0 Å². The van der Waals surface area contributed by atoms with Crippen molar-refractivity contribution in [1.82, 2.24) is 10.2 Å². The van der Waals surface area contributed by atoms with Crippen LogP contribution >= 0.6 is 0 Å². The van der Waals surface area contributed by atoms with Crippen LogP contribution in [0.4, 0.5) is 0 Å². The number of carbonyl (C=O) groups excluding carboxylic acids is 2. The van der Waals surface area contributed by atoms with Crippen molar-refractivity contribution in [2.45, 2.75) is 58.9 Å². The van der Waals surface area contributed by atoms with Gasteiger partial charge < -0.3 is 16.0 Å². The van der Waals surface area contributed by atoms with E-state index in [0.29, 0.717) is 19.6 Å². The molecule has 1 aliphatic rings. The molecule has 1 heterocycles. The molecule has 0 radical (unpaired) electrons. The predicted molar refractivity (Wildman–Crippen MR) is 84.7 cm³/mol. The fourth-order valence-electron chi connectivity index (χ4n) is 2.63. The maximum Gasteiger partial charge on any atom is 0.225 e. The second kappa shape index (κ2) is 7.78. The highest BCUT2D eigenvalue weighted by molar-refractivity contribution is 5.80. The molecule has 0 aromatic carbocycles. The smallest absolute Gasteiger partial charge is 0.225 e. The van der Waals surface area contributed by atoms with Gasteiger partial charge in [-0.1, -0.05) is 27.7 Å². The summed E-state index contributed by atoms with van der Waals surface area (Å²) in [5.41, 5.74) is 5.90. The number of likely N-dealkylation sites (tertiary alicyclic amines) is 1. The Morgan fingerprint density at radius 1 is 1.24 bits per heavy atom. The Hall–Kier alpha value is -1.10. The van der Waals surface area contributed by atoms with E-state index in [1.807, 2.05) is 32.6 Å². The van der Waals surface area contributed by atoms with Crippen molar-refractivity contribution in [2.24, 2.45) is 17.6 Å². The van der Waals surface area contributed by atoms with E-state index < -0.39 is 0 Å². The molecule has 21 heavy (non-hydrogen) atoms. The lowest BCUT2D eigenvalue weighted by Gasteiger charge is -2.33. The van der Waals surface area contributed by atoms with Crippen LogP contribution in [0.25, 0.3) is 0 Å². The molecule has 5 nitrogen and oxygen atoms in total. The number of nitrogens with one attached hydrogen (secondary N) is 1. The molecule has 0 aliphatic carbocycles. The third kappa shape index (κ3) is 4.99. The average molecular weight is 297 g/mol. The molecule has 5 heteroatoms. The number of piperidine rings is 1. The van der Waals surface area contributed by atoms with Gasteiger partial charge in [-0.15, -0.1) is 0 Å². The van der Waals surface area contributed by atoms with Gasteiger partial charge in [-0.2, -0.15) is 0 Å². The van der Waals surface area contributed by atoms with Crippen molar-refractivity contribution in [1.29, 1.82) is 0 Å². The minimum Gasteiger partial charge on any atom is -0.354 e. The van der Waals surface area contributed by atoms with E-state index >= 15 is 0 Å². The average Bonchev–Trinajstić information content (AvgIpc) is 2.51. The highest BCUT2D eigenvalue weighted by atomic mass is 16.2. The molecule has 0 saturated carbocycles. The minimum atomic E-state index is -0.302. The summed E-state index contributed by atoms with van der Waals surface area (Å²) in [6.07, 6.45) is 3.20. The lowest BCUT2D eigenvalue weighted by atomic mass is 9.92. The van der Waals surface area contributed by atoms with Crippen LogP contribution < -0.4 is 11.1 Å². The Morgan fingerprint density at radius 2 is 1.76 bits per heavy atom. The Kier molecular flexibility index (Phi) is 6.65. The second-order valence-corrected chi connectivity index (χ2v) is 6.54. The summed E-state index contributed by atoms with van der Waals surface area (Å²) in [4.78, 5) is 26.0. The summed E-state index contributed by atoms with van der Waals surface area (Å²) in [5.74, 6) is 0.316. The number of nitrogens with zero attached hydrogens (tertiary/aromatic N) is 1. The van der Waals surface area contributed by atoms with E-state index in [2.05, 4.69) is 5.32 Å². The van der Waals surface area contributed by atoms with Crippen molar-refractivity contribution in [3.05, 3.63) is 0 Å². The fraction of sp³-hybridized carbons (Fsp3) is 0.875. The highest BCUT2D eigenvalue weighted by Gasteiger charge is 2.29. The van der Waals surface area contributed by atoms with Crippen LogP contribution in [0.5, 0.6) is 0 Å². The van der Waals surface area contributed by atoms with Crippen LogP contribution in [0, 0.1) is 11.8 Å². The lowest BCUT2D eigenvalue weighted by Crippen LogP contribution is -2.51. The monoisotopic (exact) mass is 297 g/mol. The van der Waals surface area contributed by atoms with Gasteiger partial charge in [-0.05, 0) is 25.7 Å². The molecule has 1 fully saturated rings. The summed E-state index contributed by atoms with van der Waals surface area (Å²) in [6.45, 7) is 9.82. The van der Waals surface area contributed by atoms with Gasteiger partial charge in [0.15, 0.2) is 0 Å². The minimum absolute atomic E-state index is 0.0131. The first-order chi connectivity index (χ1) is 9.83. The molecule has 0 bridgehead atoms. The molecule has 1 rings (SSSR count). The van der Waals surface area contributed by atoms with Gasteiger partial charge in [0.25, 0.3) is 0 Å². The predicted octanol–water partition coefficient (Wildman–Crippen LogP) is 1.51. The molecular weight excluding hydrogens is 266 g/mol. The summed E-state index contributed by atoms with van der Waals surface area (Å²) in [6, 6.07) is 0. The van der Waals surface area contributed by atoms with Crippen LogP contribution in [-0.4, -0.2) is 41.9 Å². The topological polar surface area (TPSA) is 75.4 Å². The molecule has 3 N–H and O–H groups in total. The Morgan fingerprint density at radius 3 is 2.19 bits per heavy atom. The van der Waals surface area contributed by atoms with E-state index in [-0.39, 0.29) is 29.2 Å². The Labute approximate surface area is 128 Å². The van der Waals surface area contributed by atoms with Gasteiger partial charge in [-0.25, -0.2) is 0 Å². The van der Waals surface area contributed by atoms with E-state index in [1.54, 1.807) is 0 Å². The molecule has 0 aromatic rings. The van der Waals surface area contributed by atoms with Crippen LogP contribution in [0.3, 0.4) is 0 Å². The first-order valence-electron chi connectivity index (χ1n) is 8.18. The van der Waals surface area contributed by atoms with Gasteiger partial charge in [0.05, 0.1) is 0 Å². The van der Waals surface area contributed by atoms with E-state index in [9.17, 15) is 9.59 Å². The SMILES string of the molecule is CCC(N)(CC)CNC(=O)C1CCN(C(=O)C(C)C)CC1. The largest absolute Gasteiger partial charge is 0.354 e. The molecule has 1 aliphatic heterocycles. The number of carbonyl (C=O) groups is 2. The third-order valence-corrected chi connectivity index (χ3v) is 4.69. The summed E-state index contributed by atoms with van der Waals surface area (Å²) >= 11 is 0. The van der Waals surface area contributed by atoms with Crippen molar-refractivity contribution < 1.29 is 9.59 Å². The second-order valence-electron chi connectivity index (χ2n) is 6.54. The first-order valence-corrected chi connectivity index (χ1v) is 8.18. The van der Waals surface area contributed by atoms with Crippen molar-refractivity contribution in [2.75, 3.05) is 19.6 Å². The molecule has 0 unspecified atom stereocenters. The number of hydrogen-bond donors (Lipinski definition) is 2. The van der Waals surface area contributed by atoms with Crippen LogP contribution in [-0.2, 0) is 9.59 Å². The Bertz CT molecular complexity index is 357. The molecule has 122 valence electrons. The third-order valence-electron chi connectivity index (χ3n) is 4.69. The number of nitrogens with two attached hydrogens (primary N) is 1. The summed E-state index contributed by atoms with van der Waals surface area (Å²) in [5, 5.41) is 2.99. The molecule has 0 atom stereocenters. The van der Waals surface area contributed by atoms with Gasteiger partial charge in [0.2, 0.25) is 11.8 Å². The molecular formula is C16H31N3O2. The maximum absolute atomic E-state index is 12.2. The van der Waals surface area contributed by atoms with Crippen molar-refractivity contribution in [3.63, 3.8) is 0 Å². The van der Waals surface area contributed by atoms with E-state index in [4.69, 9.17) is 5.73 Å². The molecule has 2 amide bonds. The molecule has 0 spiro atoms. The zero-order valence-electron chi connectivity index (χ0n) is 13.9. The standard InChI is InChI=1S/C16H31N3O2/c1-5-16(17,6-2)11-18-14(20)13-7-9-19(10-8-13)15(21)12(3)4/h12-13H,5-11,17H2,1-4H3,(H,18,20). The summed E-state index contributed by atoms with van der Waals surface area (Å²) in [7, 11) is 0. The number of amides is 2. The number of rotatable bonds is 6. The first kappa shape index (κ1) is 18.0. The number of hydrogen-bond acceptors (Lipinski definition) is 3. The van der Waals surface area contributed by atoms with Crippen LogP contribution in [0.1, 0.15) is 53.4 Å². The van der Waals surface area contributed by atoms with Crippen molar-refractivity contribution >= 4 is 11.8 Å². The molecule has 1 saturated heterocycles. The molecule has 0 aromatic heterocycles. The van der Waals surface area contributed by atoms with Gasteiger partial charge in [0, 0.05) is 37.0 Å². The van der Waals surface area contributed by atoms with Crippen LogP contribution in [0.2, 0.25) is 0 Å². The van der Waals surface area contributed by atoms with Gasteiger partial charge in [-0.3, -0.25) is 9.59 Å². The van der Waals surface area contributed by atoms with Crippen LogP contribution in [0.15, 0.2) is 0 Å². The zero-order chi connectivity index (χ0) is 16.0. The fourth-order valence-corrected chi connectivity index (χ4v) is 2.63. The quantitative estimate of drug-likeness (QED) is 0.780. The summed E-state index contributed by atoms with van der Waals surface area (Å²) < 4.78 is 0. The zero-order valence-corrected chi connectivity index (χ0v) is 13.9. The Balaban J connectivity index is 2.40. The van der Waals surface area contributed by atoms with Gasteiger partial charge in [0.1, 0.15) is 0 Å². The lowest BCUT2D eigenvalue weighted by molar-refractivity contribution is -0.138. The highest BCUT2D eigenvalue weighted by Crippen LogP contribution is 2.19. The van der Waals surface area contributed by atoms with E-state index in [0.717, 1.165) is 25.7 Å².